The number of nitrogens with one attached hydrogen (secondary N) is 2. The lowest BCUT2D eigenvalue weighted by Crippen LogP contribution is -2.44. The summed E-state index contributed by atoms with van der Waals surface area (Å²) in [5.74, 6) is 2.48. The molecule has 1 aliphatic heterocycles. The monoisotopic (exact) mass is 528 g/mol. The molecule has 0 radical (unpaired) electrons. The number of hydrogen-bond donors (Lipinski definition) is 2. The molecule has 0 amide bonds. The molecule has 1 aromatic heterocycles. The van der Waals surface area contributed by atoms with Gasteiger partial charge in [0.15, 0.2) is 5.96 Å². The lowest BCUT2D eigenvalue weighted by atomic mass is 10.2. The van der Waals surface area contributed by atoms with Crippen LogP contribution in [-0.4, -0.2) is 62.2 Å². The number of rotatable bonds is 8. The van der Waals surface area contributed by atoms with Crippen molar-refractivity contribution in [2.75, 3.05) is 45.3 Å². The molecule has 8 nitrogen and oxygen atoms in total. The van der Waals surface area contributed by atoms with Gasteiger partial charge < -0.3 is 25.0 Å². The molecule has 1 aliphatic rings. The molecule has 30 heavy (non-hydrogen) atoms. The van der Waals surface area contributed by atoms with Crippen molar-refractivity contribution in [1.82, 2.24) is 20.4 Å². The van der Waals surface area contributed by atoms with Crippen molar-refractivity contribution in [1.29, 1.82) is 0 Å². The molecular weight excluding hydrogens is 495 g/mol. The normalized spacial score (nSPS) is 16.2. The smallest absolute Gasteiger partial charge is 0.191 e. The van der Waals surface area contributed by atoms with E-state index in [4.69, 9.17) is 14.5 Å². The zero-order chi connectivity index (χ0) is 20.6. The minimum atomic E-state index is 0. The molecule has 0 spiro atoms. The van der Waals surface area contributed by atoms with Crippen LogP contribution in [0.15, 0.2) is 35.6 Å². The third-order valence-corrected chi connectivity index (χ3v) is 5.00. The second-order valence-electron chi connectivity index (χ2n) is 7.18. The Morgan fingerprint density at radius 1 is 1.23 bits per heavy atom. The van der Waals surface area contributed by atoms with Crippen LogP contribution in [0.2, 0.25) is 0 Å². The Balaban J connectivity index is 0.00000320. The topological polar surface area (TPSA) is 75.9 Å². The van der Waals surface area contributed by atoms with Crippen LogP contribution in [0.5, 0.6) is 11.5 Å². The van der Waals surface area contributed by atoms with Crippen molar-refractivity contribution in [3.05, 3.63) is 36.2 Å². The van der Waals surface area contributed by atoms with Gasteiger partial charge in [-0.05, 0) is 25.3 Å². The van der Waals surface area contributed by atoms with Crippen LogP contribution in [0.25, 0.3) is 0 Å². The molecule has 1 fully saturated rings. The Hall–Kier alpha value is -2.17. The fourth-order valence-electron chi connectivity index (χ4n) is 3.50. The van der Waals surface area contributed by atoms with E-state index in [1.807, 2.05) is 30.2 Å². The molecule has 0 aliphatic carbocycles. The first-order chi connectivity index (χ1) is 14.1. The molecule has 1 saturated heterocycles. The van der Waals surface area contributed by atoms with E-state index < -0.39 is 0 Å². The Morgan fingerprint density at radius 3 is 2.57 bits per heavy atom. The van der Waals surface area contributed by atoms with Gasteiger partial charge in [0.1, 0.15) is 11.5 Å². The van der Waals surface area contributed by atoms with Crippen molar-refractivity contribution in [2.24, 2.45) is 12.0 Å². The maximum atomic E-state index is 5.41. The summed E-state index contributed by atoms with van der Waals surface area (Å²) in [6.45, 7) is 5.53. The Morgan fingerprint density at radius 2 is 1.97 bits per heavy atom. The number of ether oxygens (including phenoxy) is 2. The molecule has 3 rings (SSSR count). The number of nitrogens with zero attached hydrogens (tertiary/aromatic N) is 4. The van der Waals surface area contributed by atoms with Crippen molar-refractivity contribution in [3.8, 4) is 11.5 Å². The van der Waals surface area contributed by atoms with E-state index in [9.17, 15) is 0 Å². The van der Waals surface area contributed by atoms with Gasteiger partial charge in [0.25, 0.3) is 0 Å². The van der Waals surface area contributed by atoms with E-state index in [-0.39, 0.29) is 24.0 Å². The predicted molar refractivity (Wildman–Crippen MR) is 132 cm³/mol. The fourth-order valence-corrected chi connectivity index (χ4v) is 3.50. The Labute approximate surface area is 196 Å². The summed E-state index contributed by atoms with van der Waals surface area (Å²) < 4.78 is 12.6. The largest absolute Gasteiger partial charge is 0.497 e. The van der Waals surface area contributed by atoms with E-state index in [1.54, 1.807) is 14.2 Å². The third-order valence-electron chi connectivity index (χ3n) is 5.00. The van der Waals surface area contributed by atoms with Crippen molar-refractivity contribution >= 4 is 35.6 Å². The summed E-state index contributed by atoms with van der Waals surface area (Å²) in [5.41, 5.74) is 2.31. The van der Waals surface area contributed by atoms with E-state index in [2.05, 4.69) is 39.7 Å². The highest BCUT2D eigenvalue weighted by atomic mass is 127. The predicted octanol–water partition coefficient (Wildman–Crippen LogP) is 2.43. The Bertz CT molecular complexity index is 803. The van der Waals surface area contributed by atoms with Gasteiger partial charge in [0.2, 0.25) is 0 Å². The molecule has 2 heterocycles. The summed E-state index contributed by atoms with van der Waals surface area (Å²) in [6.07, 6.45) is 5.86. The molecule has 9 heteroatoms. The highest BCUT2D eigenvalue weighted by Gasteiger charge is 2.24. The number of benzene rings is 1. The average Bonchev–Trinajstić information content (AvgIpc) is 3.36. The lowest BCUT2D eigenvalue weighted by molar-refractivity contribution is 0.394. The van der Waals surface area contributed by atoms with Crippen LogP contribution >= 0.6 is 24.0 Å². The average molecular weight is 528 g/mol. The minimum absolute atomic E-state index is 0. The van der Waals surface area contributed by atoms with Crippen LogP contribution < -0.4 is 25.0 Å². The molecule has 2 N–H and O–H groups in total. The van der Waals surface area contributed by atoms with Crippen molar-refractivity contribution < 1.29 is 9.47 Å². The van der Waals surface area contributed by atoms with Crippen molar-refractivity contribution in [3.63, 3.8) is 0 Å². The van der Waals surface area contributed by atoms with Crippen LogP contribution in [0, 0.1) is 0 Å². The van der Waals surface area contributed by atoms with Gasteiger partial charge in [-0.1, -0.05) is 0 Å². The van der Waals surface area contributed by atoms with Crippen LogP contribution in [-0.2, 0) is 13.5 Å². The highest BCUT2D eigenvalue weighted by molar-refractivity contribution is 14.0. The number of aromatic nitrogens is 2. The van der Waals surface area contributed by atoms with Crippen LogP contribution in [0.4, 0.5) is 5.69 Å². The SMILES string of the molecule is CCNC(=NCCc1cnn(C)c1)NC1CCN(c2cc(OC)cc(OC)c2)C1.I. The number of guanidine groups is 1. The van der Waals surface area contributed by atoms with Gasteiger partial charge in [0, 0.05) is 69.4 Å². The number of hydrogen-bond acceptors (Lipinski definition) is 5. The maximum Gasteiger partial charge on any atom is 0.191 e. The molecule has 1 unspecified atom stereocenters. The molecule has 166 valence electrons. The van der Waals surface area contributed by atoms with Gasteiger partial charge in [-0.25, -0.2) is 0 Å². The first-order valence-corrected chi connectivity index (χ1v) is 10.1. The summed E-state index contributed by atoms with van der Waals surface area (Å²) >= 11 is 0. The number of aryl methyl sites for hydroxylation is 1. The summed E-state index contributed by atoms with van der Waals surface area (Å²) in [7, 11) is 5.29. The number of halogens is 1. The molecule has 1 atom stereocenters. The molecular formula is C21H33IN6O2. The number of methoxy groups -OCH3 is 2. The number of aliphatic imine (C=N–C) groups is 1. The fraction of sp³-hybridized carbons (Fsp3) is 0.524. The lowest BCUT2D eigenvalue weighted by Gasteiger charge is -2.21. The third kappa shape index (κ3) is 6.68. The van der Waals surface area contributed by atoms with E-state index in [0.717, 1.165) is 62.2 Å². The number of anilines is 1. The van der Waals surface area contributed by atoms with Crippen LogP contribution in [0.1, 0.15) is 18.9 Å². The van der Waals surface area contributed by atoms with E-state index >= 15 is 0 Å². The van der Waals surface area contributed by atoms with Crippen molar-refractivity contribution in [2.45, 2.75) is 25.8 Å². The summed E-state index contributed by atoms with van der Waals surface area (Å²) in [4.78, 5) is 7.08. The molecule has 0 saturated carbocycles. The van der Waals surface area contributed by atoms with Gasteiger partial charge >= 0.3 is 0 Å². The molecule has 1 aromatic carbocycles. The zero-order valence-electron chi connectivity index (χ0n) is 18.2. The standard InChI is InChI=1S/C21H32N6O2.HI/c1-5-22-21(23-8-6-16-13-24-26(2)14-16)25-17-7-9-27(15-17)18-10-19(28-3)12-20(11-18)29-4;/h10-14,17H,5-9,15H2,1-4H3,(H2,22,23,25);1H. The molecule has 0 bridgehead atoms. The summed E-state index contributed by atoms with van der Waals surface area (Å²) in [6, 6.07) is 6.34. The summed E-state index contributed by atoms with van der Waals surface area (Å²) in [5, 5.41) is 11.1. The Kier molecular flexibility index (Phi) is 9.54. The van der Waals surface area contributed by atoms with Gasteiger partial charge in [0.05, 0.1) is 20.4 Å². The maximum absolute atomic E-state index is 5.41. The first-order valence-electron chi connectivity index (χ1n) is 10.1. The van der Waals surface area contributed by atoms with E-state index in [1.165, 1.54) is 5.56 Å². The zero-order valence-corrected chi connectivity index (χ0v) is 20.6. The first kappa shape index (κ1) is 24.1. The highest BCUT2D eigenvalue weighted by Crippen LogP contribution is 2.30. The van der Waals surface area contributed by atoms with Gasteiger partial charge in [-0.15, -0.1) is 24.0 Å². The molecule has 2 aromatic rings. The minimum Gasteiger partial charge on any atom is -0.497 e. The second-order valence-corrected chi connectivity index (χ2v) is 7.18. The van der Waals surface area contributed by atoms with E-state index in [0.29, 0.717) is 6.04 Å². The van der Waals surface area contributed by atoms with Gasteiger partial charge in [-0.2, -0.15) is 5.10 Å². The quantitative estimate of drug-likeness (QED) is 0.312. The second kappa shape index (κ2) is 11.9. The van der Waals surface area contributed by atoms with Gasteiger partial charge in [-0.3, -0.25) is 9.67 Å². The van der Waals surface area contributed by atoms with Crippen LogP contribution in [0.3, 0.4) is 0 Å².